The molecule has 2 aromatic rings. The third-order valence-corrected chi connectivity index (χ3v) is 3.65. The van der Waals surface area contributed by atoms with Gasteiger partial charge in [-0.3, -0.25) is 0 Å². The SMILES string of the molecule is CCCCC(CC)CNc1nc2c(C)cccn2n1. The van der Waals surface area contributed by atoms with E-state index in [1.807, 2.05) is 16.8 Å². The lowest BCUT2D eigenvalue weighted by atomic mass is 9.99. The van der Waals surface area contributed by atoms with Crippen molar-refractivity contribution in [1.82, 2.24) is 14.6 Å². The zero-order chi connectivity index (χ0) is 13.7. The average Bonchev–Trinajstić information content (AvgIpc) is 2.83. The summed E-state index contributed by atoms with van der Waals surface area (Å²) >= 11 is 0. The number of nitrogens with zero attached hydrogens (tertiary/aromatic N) is 3. The maximum Gasteiger partial charge on any atom is 0.243 e. The quantitative estimate of drug-likeness (QED) is 0.826. The molecule has 0 bridgehead atoms. The van der Waals surface area contributed by atoms with E-state index in [9.17, 15) is 0 Å². The van der Waals surface area contributed by atoms with E-state index in [-0.39, 0.29) is 0 Å². The molecule has 2 rings (SSSR count). The molecule has 2 heterocycles. The Kier molecular flexibility index (Phi) is 4.77. The molecule has 0 aliphatic heterocycles. The van der Waals surface area contributed by atoms with Crippen molar-refractivity contribution < 1.29 is 0 Å². The number of hydrogen-bond acceptors (Lipinski definition) is 3. The fourth-order valence-corrected chi connectivity index (χ4v) is 2.29. The van der Waals surface area contributed by atoms with Crippen LogP contribution in [0.4, 0.5) is 5.95 Å². The fourth-order valence-electron chi connectivity index (χ4n) is 2.29. The van der Waals surface area contributed by atoms with Crippen LogP contribution in [0.25, 0.3) is 5.65 Å². The lowest BCUT2D eigenvalue weighted by Gasteiger charge is -2.13. The summed E-state index contributed by atoms with van der Waals surface area (Å²) in [5.74, 6) is 1.46. The maximum absolute atomic E-state index is 4.54. The largest absolute Gasteiger partial charge is 0.353 e. The van der Waals surface area contributed by atoms with E-state index in [1.165, 1.54) is 25.7 Å². The van der Waals surface area contributed by atoms with Crippen LogP contribution >= 0.6 is 0 Å². The second-order valence-corrected chi connectivity index (χ2v) is 5.19. The molecule has 2 aromatic heterocycles. The molecule has 0 saturated heterocycles. The minimum absolute atomic E-state index is 0.715. The number of aryl methyl sites for hydroxylation is 1. The predicted octanol–water partition coefficient (Wildman–Crippen LogP) is 3.67. The Balaban J connectivity index is 1.99. The molecular formula is C15H24N4. The van der Waals surface area contributed by atoms with Gasteiger partial charge in [-0.1, -0.05) is 39.2 Å². The van der Waals surface area contributed by atoms with Crippen LogP contribution in [-0.2, 0) is 0 Å². The number of nitrogens with one attached hydrogen (secondary N) is 1. The Morgan fingerprint density at radius 3 is 2.89 bits per heavy atom. The molecule has 0 fully saturated rings. The van der Waals surface area contributed by atoms with Crippen molar-refractivity contribution >= 4 is 11.6 Å². The summed E-state index contributed by atoms with van der Waals surface area (Å²) in [4.78, 5) is 4.54. The molecule has 0 aliphatic rings. The Morgan fingerprint density at radius 2 is 2.21 bits per heavy atom. The molecule has 1 atom stereocenters. The summed E-state index contributed by atoms with van der Waals surface area (Å²) in [6.45, 7) is 7.52. The molecule has 4 nitrogen and oxygen atoms in total. The van der Waals surface area contributed by atoms with E-state index in [0.29, 0.717) is 5.92 Å². The first kappa shape index (κ1) is 13.8. The van der Waals surface area contributed by atoms with Crippen LogP contribution in [-0.4, -0.2) is 21.1 Å². The molecule has 0 aliphatic carbocycles. The molecule has 0 amide bonds. The van der Waals surface area contributed by atoms with Crippen LogP contribution in [0.15, 0.2) is 18.3 Å². The Hall–Kier alpha value is -1.58. The average molecular weight is 260 g/mol. The number of aromatic nitrogens is 3. The van der Waals surface area contributed by atoms with Gasteiger partial charge in [0, 0.05) is 12.7 Å². The van der Waals surface area contributed by atoms with Gasteiger partial charge < -0.3 is 5.32 Å². The lowest BCUT2D eigenvalue weighted by molar-refractivity contribution is 0.472. The summed E-state index contributed by atoms with van der Waals surface area (Å²) in [5.41, 5.74) is 2.09. The summed E-state index contributed by atoms with van der Waals surface area (Å²) in [6.07, 6.45) is 7.00. The van der Waals surface area contributed by atoms with Gasteiger partial charge in [0.15, 0.2) is 5.65 Å². The van der Waals surface area contributed by atoms with Crippen molar-refractivity contribution in [2.24, 2.45) is 5.92 Å². The molecule has 0 radical (unpaired) electrons. The normalized spacial score (nSPS) is 12.8. The van der Waals surface area contributed by atoms with Crippen LogP contribution in [0.3, 0.4) is 0 Å². The van der Waals surface area contributed by atoms with Gasteiger partial charge in [0.1, 0.15) is 0 Å². The van der Waals surface area contributed by atoms with E-state index < -0.39 is 0 Å². The van der Waals surface area contributed by atoms with E-state index >= 15 is 0 Å². The van der Waals surface area contributed by atoms with E-state index in [2.05, 4.69) is 42.2 Å². The van der Waals surface area contributed by atoms with Crippen LogP contribution in [0.2, 0.25) is 0 Å². The van der Waals surface area contributed by atoms with E-state index in [1.54, 1.807) is 0 Å². The van der Waals surface area contributed by atoms with Crippen LogP contribution in [0.1, 0.15) is 45.1 Å². The highest BCUT2D eigenvalue weighted by molar-refractivity contribution is 5.49. The summed E-state index contributed by atoms with van der Waals surface area (Å²) < 4.78 is 1.84. The van der Waals surface area contributed by atoms with Crippen LogP contribution < -0.4 is 5.32 Å². The maximum atomic E-state index is 4.54. The first-order valence-electron chi connectivity index (χ1n) is 7.30. The van der Waals surface area contributed by atoms with Crippen LogP contribution in [0.5, 0.6) is 0 Å². The minimum atomic E-state index is 0.715. The summed E-state index contributed by atoms with van der Waals surface area (Å²) in [7, 11) is 0. The Labute approximate surface area is 115 Å². The highest BCUT2D eigenvalue weighted by Gasteiger charge is 2.09. The van der Waals surface area contributed by atoms with Gasteiger partial charge in [-0.2, -0.15) is 4.98 Å². The second kappa shape index (κ2) is 6.55. The molecule has 4 heteroatoms. The first-order valence-corrected chi connectivity index (χ1v) is 7.30. The van der Waals surface area contributed by atoms with E-state index in [4.69, 9.17) is 0 Å². The third-order valence-electron chi connectivity index (χ3n) is 3.65. The highest BCUT2D eigenvalue weighted by Crippen LogP contribution is 2.14. The van der Waals surface area contributed by atoms with Gasteiger partial charge in [-0.05, 0) is 30.9 Å². The second-order valence-electron chi connectivity index (χ2n) is 5.19. The van der Waals surface area contributed by atoms with Gasteiger partial charge in [0.2, 0.25) is 5.95 Å². The topological polar surface area (TPSA) is 42.2 Å². The van der Waals surface area contributed by atoms with Gasteiger partial charge >= 0.3 is 0 Å². The number of fused-ring (bicyclic) bond motifs is 1. The molecule has 104 valence electrons. The minimum Gasteiger partial charge on any atom is -0.353 e. The van der Waals surface area contributed by atoms with Gasteiger partial charge in [0.05, 0.1) is 0 Å². The van der Waals surface area contributed by atoms with Crippen molar-refractivity contribution in [3.05, 3.63) is 23.9 Å². The molecule has 0 aromatic carbocycles. The molecule has 0 saturated carbocycles. The highest BCUT2D eigenvalue weighted by atomic mass is 15.3. The predicted molar refractivity (Wildman–Crippen MR) is 79.5 cm³/mol. The zero-order valence-electron chi connectivity index (χ0n) is 12.2. The number of unbranched alkanes of at least 4 members (excludes halogenated alkanes) is 1. The summed E-state index contributed by atoms with van der Waals surface area (Å²) in [6, 6.07) is 4.06. The summed E-state index contributed by atoms with van der Waals surface area (Å²) in [5, 5.41) is 7.83. The first-order chi connectivity index (χ1) is 9.24. The molecule has 0 spiro atoms. The molecular weight excluding hydrogens is 236 g/mol. The van der Waals surface area contributed by atoms with Gasteiger partial charge in [-0.15, -0.1) is 5.10 Å². The standard InChI is InChI=1S/C15H24N4/c1-4-6-9-13(5-2)11-16-15-17-14-12(3)8-7-10-19(14)18-15/h7-8,10,13H,4-6,9,11H2,1-3H3,(H,16,18). The van der Waals surface area contributed by atoms with Gasteiger partial charge in [-0.25, -0.2) is 4.52 Å². The van der Waals surface area contributed by atoms with Crippen molar-refractivity contribution in [2.45, 2.75) is 46.5 Å². The number of pyridine rings is 1. The van der Waals surface area contributed by atoms with Crippen molar-refractivity contribution in [3.63, 3.8) is 0 Å². The lowest BCUT2D eigenvalue weighted by Crippen LogP contribution is -2.14. The number of rotatable bonds is 7. The zero-order valence-corrected chi connectivity index (χ0v) is 12.2. The van der Waals surface area contributed by atoms with Crippen molar-refractivity contribution in [3.8, 4) is 0 Å². The monoisotopic (exact) mass is 260 g/mol. The number of hydrogen-bond donors (Lipinski definition) is 1. The van der Waals surface area contributed by atoms with E-state index in [0.717, 1.165) is 23.7 Å². The fraction of sp³-hybridized carbons (Fsp3) is 0.600. The van der Waals surface area contributed by atoms with Crippen molar-refractivity contribution in [2.75, 3.05) is 11.9 Å². The Morgan fingerprint density at radius 1 is 1.37 bits per heavy atom. The smallest absolute Gasteiger partial charge is 0.243 e. The third kappa shape index (κ3) is 3.46. The molecule has 1 unspecified atom stereocenters. The van der Waals surface area contributed by atoms with Gasteiger partial charge in [0.25, 0.3) is 0 Å². The van der Waals surface area contributed by atoms with Crippen LogP contribution in [0, 0.1) is 12.8 Å². The van der Waals surface area contributed by atoms with Crippen molar-refractivity contribution in [1.29, 1.82) is 0 Å². The Bertz CT molecular complexity index is 518. The molecule has 19 heavy (non-hydrogen) atoms. The molecule has 1 N–H and O–H groups in total. The number of anilines is 1.